The maximum atomic E-state index is 10.4. The lowest BCUT2D eigenvalue weighted by atomic mass is 9.90. The van der Waals surface area contributed by atoms with E-state index in [1.807, 2.05) is 18.2 Å². The Labute approximate surface area is 150 Å². The first-order valence-corrected chi connectivity index (χ1v) is 9.61. The predicted octanol–water partition coefficient (Wildman–Crippen LogP) is 2.07. The lowest BCUT2D eigenvalue weighted by molar-refractivity contribution is -0.305. The number of carboxylic acids is 1. The molecule has 142 valence electrons. The fraction of sp³-hybridized carbons (Fsp3) is 0.750. The summed E-state index contributed by atoms with van der Waals surface area (Å²) in [5.74, 6) is 0.136. The minimum Gasteiger partial charge on any atom is -0.550 e. The van der Waals surface area contributed by atoms with Gasteiger partial charge in [-0.1, -0.05) is 38.3 Å². The monoisotopic (exact) mass is 351 g/mol. The van der Waals surface area contributed by atoms with E-state index < -0.39 is 18.2 Å². The van der Waals surface area contributed by atoms with E-state index in [1.54, 1.807) is 0 Å². The molecule has 2 aliphatic rings. The van der Waals surface area contributed by atoms with Gasteiger partial charge in [-0.05, 0) is 31.8 Å². The van der Waals surface area contributed by atoms with Crippen LogP contribution in [0, 0.1) is 11.8 Å². The number of carboxylic acid groups (broad SMARTS) is 1. The van der Waals surface area contributed by atoms with E-state index in [9.17, 15) is 20.1 Å². The Morgan fingerprint density at radius 2 is 2.20 bits per heavy atom. The maximum absolute atomic E-state index is 10.4. The van der Waals surface area contributed by atoms with Crippen molar-refractivity contribution in [2.45, 2.75) is 83.0 Å². The lowest BCUT2D eigenvalue weighted by Crippen LogP contribution is -2.21. The van der Waals surface area contributed by atoms with E-state index in [0.717, 1.165) is 37.9 Å². The Hall–Kier alpha value is -1.33. The fourth-order valence-corrected chi connectivity index (χ4v) is 3.85. The van der Waals surface area contributed by atoms with Gasteiger partial charge in [0.25, 0.3) is 0 Å². The number of unbranched alkanes of at least 4 members (excludes halogenated alkanes) is 3. The zero-order chi connectivity index (χ0) is 18.2. The third-order valence-electron chi connectivity index (χ3n) is 5.25. The molecule has 1 heterocycles. The summed E-state index contributed by atoms with van der Waals surface area (Å²) in [5.41, 5.74) is 0. The van der Waals surface area contributed by atoms with Gasteiger partial charge in [-0.25, -0.2) is 0 Å². The van der Waals surface area contributed by atoms with Gasteiger partial charge < -0.3 is 24.9 Å². The van der Waals surface area contributed by atoms with E-state index in [0.29, 0.717) is 19.3 Å². The summed E-state index contributed by atoms with van der Waals surface area (Å²) in [7, 11) is 0. The summed E-state index contributed by atoms with van der Waals surface area (Å²) in [6.45, 7) is 2.14. The van der Waals surface area contributed by atoms with Crippen LogP contribution in [0.4, 0.5) is 0 Å². The van der Waals surface area contributed by atoms with Crippen molar-refractivity contribution in [3.05, 3.63) is 24.0 Å². The molecule has 5 atom stereocenters. The Kier molecular flexibility index (Phi) is 7.97. The van der Waals surface area contributed by atoms with Crippen LogP contribution < -0.4 is 5.11 Å². The highest BCUT2D eigenvalue weighted by molar-refractivity contribution is 5.64. The molecule has 0 aromatic carbocycles. The number of allylic oxidation sites excluding steroid dienone is 2. The Balaban J connectivity index is 1.83. The number of aliphatic hydroxyl groups excluding tert-OH is 2. The van der Waals surface area contributed by atoms with Gasteiger partial charge in [0.2, 0.25) is 0 Å². The van der Waals surface area contributed by atoms with Crippen molar-refractivity contribution in [1.29, 1.82) is 0 Å². The normalized spacial score (nSPS) is 31.4. The van der Waals surface area contributed by atoms with Crippen molar-refractivity contribution in [2.24, 2.45) is 11.8 Å². The quantitative estimate of drug-likeness (QED) is 0.464. The average Bonchev–Trinajstić information content (AvgIpc) is 3.06. The summed E-state index contributed by atoms with van der Waals surface area (Å²) in [4.78, 5) is 10.4. The number of hydrogen-bond donors (Lipinski definition) is 2. The maximum Gasteiger partial charge on any atom is 0.105 e. The van der Waals surface area contributed by atoms with Crippen LogP contribution in [0.3, 0.4) is 0 Å². The molecular formula is C20H31O5-. The molecule has 2 N–H and O–H groups in total. The molecule has 1 aliphatic heterocycles. The van der Waals surface area contributed by atoms with Crippen LogP contribution in [0.5, 0.6) is 0 Å². The summed E-state index contributed by atoms with van der Waals surface area (Å²) in [6, 6.07) is 0. The molecule has 5 heteroatoms. The molecule has 25 heavy (non-hydrogen) atoms. The molecule has 0 bridgehead atoms. The molecular weight excluding hydrogens is 320 g/mol. The van der Waals surface area contributed by atoms with Gasteiger partial charge in [-0.2, -0.15) is 0 Å². The zero-order valence-electron chi connectivity index (χ0n) is 15.1. The highest BCUT2D eigenvalue weighted by Gasteiger charge is 2.46. The predicted molar refractivity (Wildman–Crippen MR) is 93.3 cm³/mol. The molecule has 0 amide bonds. The highest BCUT2D eigenvalue weighted by Crippen LogP contribution is 2.45. The summed E-state index contributed by atoms with van der Waals surface area (Å²) < 4.78 is 5.92. The molecule has 2 fully saturated rings. The van der Waals surface area contributed by atoms with Crippen molar-refractivity contribution in [3.63, 3.8) is 0 Å². The number of carbonyl (C=O) groups excluding carboxylic acids is 1. The molecule has 1 aliphatic carbocycles. The molecule has 1 saturated heterocycles. The van der Waals surface area contributed by atoms with Crippen LogP contribution in [0.15, 0.2) is 24.0 Å². The smallest absolute Gasteiger partial charge is 0.105 e. The zero-order valence-corrected chi connectivity index (χ0v) is 15.1. The van der Waals surface area contributed by atoms with Gasteiger partial charge in [0.05, 0.1) is 18.0 Å². The van der Waals surface area contributed by atoms with Crippen LogP contribution in [0.1, 0.15) is 64.7 Å². The number of aliphatic hydroxyl groups is 2. The summed E-state index contributed by atoms with van der Waals surface area (Å²) >= 11 is 0. The third kappa shape index (κ3) is 6.15. The minimum atomic E-state index is -1.02. The van der Waals surface area contributed by atoms with E-state index in [1.165, 1.54) is 0 Å². The van der Waals surface area contributed by atoms with Crippen LogP contribution in [-0.4, -0.2) is 34.5 Å². The molecule has 0 aromatic heterocycles. The molecule has 1 saturated carbocycles. The summed E-state index contributed by atoms with van der Waals surface area (Å²) in [5, 5.41) is 30.7. The van der Waals surface area contributed by atoms with E-state index in [-0.39, 0.29) is 24.4 Å². The van der Waals surface area contributed by atoms with Crippen molar-refractivity contribution < 1.29 is 24.9 Å². The second-order valence-corrected chi connectivity index (χ2v) is 7.29. The van der Waals surface area contributed by atoms with Crippen molar-refractivity contribution in [1.82, 2.24) is 0 Å². The molecule has 2 rings (SSSR count). The van der Waals surface area contributed by atoms with Crippen LogP contribution in [0.2, 0.25) is 0 Å². The summed E-state index contributed by atoms with van der Waals surface area (Å²) in [6.07, 6.45) is 11.6. The highest BCUT2D eigenvalue weighted by atomic mass is 16.5. The first kappa shape index (κ1) is 20.0. The van der Waals surface area contributed by atoms with Gasteiger partial charge in [-0.15, -0.1) is 0 Å². The molecule has 0 spiro atoms. The van der Waals surface area contributed by atoms with Gasteiger partial charge >= 0.3 is 0 Å². The first-order valence-electron chi connectivity index (χ1n) is 9.61. The van der Waals surface area contributed by atoms with Crippen molar-refractivity contribution in [2.75, 3.05) is 0 Å². The second kappa shape index (κ2) is 9.97. The SMILES string of the molecule is CCCCC[C@H](O)/C=C/[C@@H]1[C@H]2C/C(=C/CCCC(=O)[O-])O[C@H]2C[C@H]1O. The topological polar surface area (TPSA) is 89.8 Å². The lowest BCUT2D eigenvalue weighted by Gasteiger charge is -2.16. The van der Waals surface area contributed by atoms with Crippen LogP contribution in [0.25, 0.3) is 0 Å². The Morgan fingerprint density at radius 3 is 2.92 bits per heavy atom. The number of fused-ring (bicyclic) bond motifs is 1. The molecule has 0 aromatic rings. The minimum absolute atomic E-state index is 0.0138. The number of rotatable bonds is 10. The van der Waals surface area contributed by atoms with E-state index in [4.69, 9.17) is 4.74 Å². The number of hydrogen-bond acceptors (Lipinski definition) is 5. The number of ether oxygens (including phenoxy) is 1. The Morgan fingerprint density at radius 1 is 1.40 bits per heavy atom. The largest absolute Gasteiger partial charge is 0.550 e. The number of carbonyl (C=O) groups is 1. The first-order chi connectivity index (χ1) is 12.0. The molecule has 5 nitrogen and oxygen atoms in total. The van der Waals surface area contributed by atoms with Gasteiger partial charge in [-0.3, -0.25) is 0 Å². The Bertz CT molecular complexity index is 484. The molecule has 0 radical (unpaired) electrons. The molecule has 0 unspecified atom stereocenters. The van der Waals surface area contributed by atoms with Crippen molar-refractivity contribution >= 4 is 5.97 Å². The average molecular weight is 351 g/mol. The van der Waals surface area contributed by atoms with Gasteiger partial charge in [0.1, 0.15) is 6.10 Å². The fourth-order valence-electron chi connectivity index (χ4n) is 3.85. The van der Waals surface area contributed by atoms with Crippen molar-refractivity contribution in [3.8, 4) is 0 Å². The standard InChI is InChI=1S/C20H32O5/c1-2-3-4-7-14(21)10-11-16-17-12-15(8-5-6-9-20(23)24)25-19(17)13-18(16)22/h8,10-11,14,16-19,21-22H,2-7,9,12-13H2,1H3,(H,23,24)/p-1/b11-10+,15-8-/t14-,16+,17+,18+,19-/m0/s1. The van der Waals surface area contributed by atoms with Crippen LogP contribution >= 0.6 is 0 Å². The van der Waals surface area contributed by atoms with Gasteiger partial charge in [0, 0.05) is 30.6 Å². The third-order valence-corrected chi connectivity index (χ3v) is 5.25. The van der Waals surface area contributed by atoms with E-state index >= 15 is 0 Å². The van der Waals surface area contributed by atoms with Crippen LogP contribution in [-0.2, 0) is 9.53 Å². The van der Waals surface area contributed by atoms with Gasteiger partial charge in [0.15, 0.2) is 0 Å². The van der Waals surface area contributed by atoms with E-state index in [2.05, 4.69) is 6.92 Å². The number of aliphatic carboxylic acids is 1. The second-order valence-electron chi connectivity index (χ2n) is 7.29.